The number of hydrogen-bond acceptors (Lipinski definition) is 4. The quantitative estimate of drug-likeness (QED) is 0.576. The maximum absolute atomic E-state index is 11.4. The maximum Gasteiger partial charge on any atom is 0.419 e. The van der Waals surface area contributed by atoms with Crippen LogP contribution in [0.5, 0.6) is 0 Å². The number of oxazole rings is 1. The van der Waals surface area contributed by atoms with Gasteiger partial charge < -0.3 is 4.42 Å². The van der Waals surface area contributed by atoms with Gasteiger partial charge in [0.2, 0.25) is 0 Å². The normalized spacial score (nSPS) is 10.2. The fraction of sp³-hybridized carbons (Fsp3) is 0.200. The van der Waals surface area contributed by atoms with Crippen molar-refractivity contribution in [2.24, 2.45) is 4.99 Å². The second kappa shape index (κ2) is 3.81. The van der Waals surface area contributed by atoms with E-state index in [0.29, 0.717) is 17.8 Å². The molecule has 0 aliphatic carbocycles. The van der Waals surface area contributed by atoms with Gasteiger partial charge in [0.05, 0.1) is 16.4 Å². The monoisotopic (exact) mass is 220 g/mol. The number of aryl methyl sites for hydroxylation is 1. The zero-order valence-electron chi connectivity index (χ0n) is 8.06. The van der Waals surface area contributed by atoms with Crippen molar-refractivity contribution >= 4 is 34.2 Å². The molecule has 0 radical (unpaired) electrons. The minimum atomic E-state index is -0.351. The summed E-state index contributed by atoms with van der Waals surface area (Å²) in [5.74, 6) is -0.351. The van der Waals surface area contributed by atoms with Crippen LogP contribution in [0.4, 0.5) is 5.69 Å². The second-order valence-corrected chi connectivity index (χ2v) is 3.15. The van der Waals surface area contributed by atoms with Crippen LogP contribution in [0, 0.1) is 0 Å². The molecule has 0 aliphatic rings. The number of isothiocyanates is 1. The van der Waals surface area contributed by atoms with E-state index in [0.717, 1.165) is 5.52 Å². The van der Waals surface area contributed by atoms with Crippen molar-refractivity contribution in [1.82, 2.24) is 4.57 Å². The Morgan fingerprint density at radius 1 is 1.60 bits per heavy atom. The molecule has 5 heteroatoms. The molecular weight excluding hydrogens is 212 g/mol. The molecule has 2 rings (SSSR count). The summed E-state index contributed by atoms with van der Waals surface area (Å²) in [6, 6.07) is 5.18. The van der Waals surface area contributed by atoms with Gasteiger partial charge in [-0.05, 0) is 37.3 Å². The van der Waals surface area contributed by atoms with Crippen molar-refractivity contribution in [3.05, 3.63) is 28.7 Å². The number of fused-ring (bicyclic) bond motifs is 1. The highest BCUT2D eigenvalue weighted by Gasteiger charge is 2.07. The molecule has 0 bridgehead atoms. The van der Waals surface area contributed by atoms with Crippen LogP contribution in [0.25, 0.3) is 11.1 Å². The summed E-state index contributed by atoms with van der Waals surface area (Å²) >= 11 is 4.51. The Hall–Kier alpha value is -1.71. The zero-order valence-corrected chi connectivity index (χ0v) is 8.87. The van der Waals surface area contributed by atoms with E-state index in [1.165, 1.54) is 4.57 Å². The molecule has 0 amide bonds. The molecule has 1 aromatic carbocycles. The number of benzene rings is 1. The van der Waals surface area contributed by atoms with Gasteiger partial charge >= 0.3 is 5.76 Å². The first-order valence-corrected chi connectivity index (χ1v) is 4.88. The lowest BCUT2D eigenvalue weighted by Crippen LogP contribution is -2.11. The first-order chi connectivity index (χ1) is 7.26. The standard InChI is InChI=1S/C10H8N2O2S/c1-2-12-8-5-7(11-6-15)3-4-9(8)14-10(12)13/h3-5H,2H2,1H3. The topological polar surface area (TPSA) is 47.5 Å². The Bertz CT molecular complexity index is 605. The van der Waals surface area contributed by atoms with E-state index >= 15 is 0 Å². The Balaban J connectivity index is 2.78. The van der Waals surface area contributed by atoms with Gasteiger partial charge in [-0.1, -0.05) is 0 Å². The van der Waals surface area contributed by atoms with Gasteiger partial charge in [-0.15, -0.1) is 0 Å². The number of rotatable bonds is 2. The lowest BCUT2D eigenvalue weighted by molar-refractivity contribution is 0.513. The van der Waals surface area contributed by atoms with Crippen LogP contribution >= 0.6 is 12.2 Å². The van der Waals surface area contributed by atoms with Gasteiger partial charge in [0.1, 0.15) is 0 Å². The number of aromatic nitrogens is 1. The van der Waals surface area contributed by atoms with Crippen molar-refractivity contribution in [3.63, 3.8) is 0 Å². The minimum Gasteiger partial charge on any atom is -0.408 e. The van der Waals surface area contributed by atoms with Gasteiger partial charge in [-0.3, -0.25) is 4.57 Å². The van der Waals surface area contributed by atoms with Crippen LogP contribution < -0.4 is 5.76 Å². The Kier molecular flexibility index (Phi) is 2.49. The zero-order chi connectivity index (χ0) is 10.8. The van der Waals surface area contributed by atoms with Gasteiger partial charge in [-0.25, -0.2) is 4.79 Å². The van der Waals surface area contributed by atoms with Crippen molar-refractivity contribution in [2.45, 2.75) is 13.5 Å². The number of thiocarbonyl (C=S) groups is 1. The van der Waals surface area contributed by atoms with Crippen LogP contribution in [0.15, 0.2) is 32.4 Å². The summed E-state index contributed by atoms with van der Waals surface area (Å²) in [5, 5.41) is 2.28. The molecule has 1 heterocycles. The minimum absolute atomic E-state index is 0.351. The Morgan fingerprint density at radius 3 is 3.07 bits per heavy atom. The summed E-state index contributed by atoms with van der Waals surface area (Å²) in [6.07, 6.45) is 0. The lowest BCUT2D eigenvalue weighted by atomic mass is 10.3. The molecule has 76 valence electrons. The molecule has 4 nitrogen and oxygen atoms in total. The van der Waals surface area contributed by atoms with Crippen molar-refractivity contribution in [2.75, 3.05) is 0 Å². The summed E-state index contributed by atoms with van der Waals surface area (Å²) in [5.41, 5.74) is 1.96. The van der Waals surface area contributed by atoms with Gasteiger partial charge in [0.15, 0.2) is 5.58 Å². The molecule has 0 N–H and O–H groups in total. The third-order valence-corrected chi connectivity index (χ3v) is 2.23. The summed E-state index contributed by atoms with van der Waals surface area (Å²) in [7, 11) is 0. The SMILES string of the molecule is CCn1c(=O)oc2ccc(N=C=S)cc21. The highest BCUT2D eigenvalue weighted by Crippen LogP contribution is 2.20. The summed E-state index contributed by atoms with van der Waals surface area (Å²) in [4.78, 5) is 15.2. The van der Waals surface area contributed by atoms with E-state index in [1.54, 1.807) is 18.2 Å². The largest absolute Gasteiger partial charge is 0.419 e. The van der Waals surface area contributed by atoms with E-state index in [-0.39, 0.29) is 5.76 Å². The van der Waals surface area contributed by atoms with E-state index in [9.17, 15) is 4.79 Å². The molecular formula is C10H8N2O2S. The first-order valence-electron chi connectivity index (χ1n) is 4.47. The molecule has 0 spiro atoms. The van der Waals surface area contributed by atoms with Crippen LogP contribution in [0.1, 0.15) is 6.92 Å². The molecule has 0 aliphatic heterocycles. The number of nitrogens with zero attached hydrogens (tertiary/aromatic N) is 2. The smallest absolute Gasteiger partial charge is 0.408 e. The fourth-order valence-corrected chi connectivity index (χ4v) is 1.58. The van der Waals surface area contributed by atoms with Gasteiger partial charge in [0.25, 0.3) is 0 Å². The van der Waals surface area contributed by atoms with Crippen LogP contribution in [-0.4, -0.2) is 9.73 Å². The molecule has 0 unspecified atom stereocenters. The van der Waals surface area contributed by atoms with Crippen molar-refractivity contribution < 1.29 is 4.42 Å². The number of hydrogen-bond donors (Lipinski definition) is 0. The molecule has 2 aromatic rings. The molecule has 0 saturated heterocycles. The third kappa shape index (κ3) is 1.63. The lowest BCUT2D eigenvalue weighted by Gasteiger charge is -1.95. The van der Waals surface area contributed by atoms with Crippen LogP contribution in [-0.2, 0) is 6.54 Å². The molecule has 0 fully saturated rings. The molecule has 1 aromatic heterocycles. The average Bonchev–Trinajstić information content (AvgIpc) is 2.53. The third-order valence-electron chi connectivity index (χ3n) is 2.14. The van der Waals surface area contributed by atoms with Crippen LogP contribution in [0.2, 0.25) is 0 Å². The predicted octanol–water partition coefficient (Wildman–Crippen LogP) is 2.35. The van der Waals surface area contributed by atoms with Gasteiger partial charge in [0, 0.05) is 6.54 Å². The molecule has 0 atom stereocenters. The highest BCUT2D eigenvalue weighted by atomic mass is 32.1. The number of aliphatic imine (C=N–C) groups is 1. The van der Waals surface area contributed by atoms with Crippen LogP contribution in [0.3, 0.4) is 0 Å². The Labute approximate surface area is 90.8 Å². The average molecular weight is 220 g/mol. The fourth-order valence-electron chi connectivity index (χ4n) is 1.47. The molecule has 15 heavy (non-hydrogen) atoms. The molecule has 0 saturated carbocycles. The predicted molar refractivity (Wildman–Crippen MR) is 60.8 cm³/mol. The summed E-state index contributed by atoms with van der Waals surface area (Å²) < 4.78 is 6.58. The summed E-state index contributed by atoms with van der Waals surface area (Å²) in [6.45, 7) is 2.45. The van der Waals surface area contributed by atoms with Crippen molar-refractivity contribution in [1.29, 1.82) is 0 Å². The highest BCUT2D eigenvalue weighted by molar-refractivity contribution is 7.78. The van der Waals surface area contributed by atoms with E-state index in [4.69, 9.17) is 4.42 Å². The second-order valence-electron chi connectivity index (χ2n) is 2.97. The van der Waals surface area contributed by atoms with E-state index in [2.05, 4.69) is 22.4 Å². The Morgan fingerprint density at radius 2 is 2.40 bits per heavy atom. The first kappa shape index (κ1) is 9.83. The van der Waals surface area contributed by atoms with Gasteiger partial charge in [-0.2, -0.15) is 4.99 Å². The van der Waals surface area contributed by atoms with Crippen molar-refractivity contribution in [3.8, 4) is 0 Å². The van der Waals surface area contributed by atoms with E-state index in [1.807, 2.05) is 6.92 Å². The van der Waals surface area contributed by atoms with E-state index < -0.39 is 0 Å². The maximum atomic E-state index is 11.4.